The van der Waals surface area contributed by atoms with Gasteiger partial charge in [-0.1, -0.05) is 43.7 Å². The second kappa shape index (κ2) is 7.94. The summed E-state index contributed by atoms with van der Waals surface area (Å²) in [6.45, 7) is 2.10. The first-order chi connectivity index (χ1) is 14.7. The Labute approximate surface area is 175 Å². The largest absolute Gasteiger partial charge is 0.573 e. The Bertz CT molecular complexity index is 1130. The summed E-state index contributed by atoms with van der Waals surface area (Å²) >= 11 is 0. The zero-order valence-corrected chi connectivity index (χ0v) is 16.5. The Morgan fingerprint density at radius 3 is 2.16 bits per heavy atom. The van der Waals surface area contributed by atoms with E-state index in [0.29, 0.717) is 29.7 Å². The minimum atomic E-state index is -5.25. The number of rotatable bonds is 5. The first-order valence-corrected chi connectivity index (χ1v) is 9.86. The zero-order chi connectivity index (χ0) is 22.3. The molecule has 0 amide bonds. The predicted octanol–water partition coefficient (Wildman–Crippen LogP) is 7.58. The Kier molecular flexibility index (Phi) is 5.45. The summed E-state index contributed by atoms with van der Waals surface area (Å²) in [7, 11) is 0. The lowest BCUT2D eigenvalue weighted by Crippen LogP contribution is -2.19. The number of aryl methyl sites for hydroxylation is 1. The van der Waals surface area contributed by atoms with Crippen LogP contribution in [0.1, 0.15) is 36.5 Å². The molecule has 1 aliphatic rings. The van der Waals surface area contributed by atoms with Gasteiger partial charge in [-0.2, -0.15) is 0 Å². The number of hydrogen-bond donors (Lipinski definition) is 0. The molecule has 0 spiro atoms. The van der Waals surface area contributed by atoms with Crippen LogP contribution >= 0.6 is 0 Å². The molecule has 0 atom stereocenters. The number of alkyl halides is 3. The van der Waals surface area contributed by atoms with E-state index >= 15 is 4.39 Å². The number of benzene rings is 3. The van der Waals surface area contributed by atoms with Crippen molar-refractivity contribution in [3.05, 3.63) is 76.6 Å². The minimum Gasteiger partial charge on any atom is -0.399 e. The third-order valence-corrected chi connectivity index (χ3v) is 5.42. The molecule has 0 saturated heterocycles. The Morgan fingerprint density at radius 1 is 0.871 bits per heavy atom. The van der Waals surface area contributed by atoms with Gasteiger partial charge in [-0.05, 0) is 52.8 Å². The van der Waals surface area contributed by atoms with Gasteiger partial charge in [0.25, 0.3) is 0 Å². The molecule has 31 heavy (non-hydrogen) atoms. The Balaban J connectivity index is 1.70. The second-order valence-corrected chi connectivity index (χ2v) is 7.54. The quantitative estimate of drug-likeness (QED) is 0.293. The molecule has 3 aromatic rings. The summed E-state index contributed by atoms with van der Waals surface area (Å²) in [6.07, 6.45) is -1.86. The summed E-state index contributed by atoms with van der Waals surface area (Å²) in [5, 5.41) is 0. The van der Waals surface area contributed by atoms with E-state index in [1.807, 2.05) is 18.2 Å². The summed E-state index contributed by atoms with van der Waals surface area (Å²) in [4.78, 5) is 0. The van der Waals surface area contributed by atoms with Gasteiger partial charge in [-0.15, -0.1) is 13.2 Å². The SMILES string of the molecule is CCCCc1ccc2c(c1)Cc1c-2ccc(-c2cc(F)c(OC(F)(F)F)c(F)c2)c1F. The second-order valence-electron chi connectivity index (χ2n) is 7.54. The predicted molar refractivity (Wildman–Crippen MR) is 105 cm³/mol. The van der Waals surface area contributed by atoms with E-state index in [2.05, 4.69) is 11.7 Å². The molecule has 0 saturated carbocycles. The van der Waals surface area contributed by atoms with Crippen LogP contribution in [0.15, 0.2) is 42.5 Å². The fourth-order valence-corrected chi connectivity index (χ4v) is 3.98. The Hall–Kier alpha value is -2.96. The Morgan fingerprint density at radius 2 is 1.52 bits per heavy atom. The molecule has 4 rings (SSSR count). The van der Waals surface area contributed by atoms with Gasteiger partial charge >= 0.3 is 6.36 Å². The van der Waals surface area contributed by atoms with Crippen LogP contribution in [0.5, 0.6) is 5.75 Å². The highest BCUT2D eigenvalue weighted by molar-refractivity contribution is 5.81. The summed E-state index contributed by atoms with van der Waals surface area (Å²) in [6, 6.07) is 10.3. The van der Waals surface area contributed by atoms with Crippen molar-refractivity contribution < 1.29 is 31.1 Å². The number of halogens is 6. The van der Waals surface area contributed by atoms with Crippen LogP contribution in [0.2, 0.25) is 0 Å². The molecule has 0 aliphatic heterocycles. The van der Waals surface area contributed by atoms with E-state index in [9.17, 15) is 22.0 Å². The van der Waals surface area contributed by atoms with Crippen molar-refractivity contribution >= 4 is 0 Å². The maximum Gasteiger partial charge on any atom is 0.573 e. The third-order valence-electron chi connectivity index (χ3n) is 5.42. The topological polar surface area (TPSA) is 9.23 Å². The highest BCUT2D eigenvalue weighted by atomic mass is 19.4. The fraction of sp³-hybridized carbons (Fsp3) is 0.250. The standard InChI is InChI=1S/C24H18F6O/c1-2-3-4-13-5-6-16-14(9-13)10-19-18(16)8-7-17(22(19)27)15-11-20(25)23(21(26)12-15)31-24(28,29)30/h5-9,11-12H,2-4,10H2,1H3. The van der Waals surface area contributed by atoms with Crippen LogP contribution in [0.4, 0.5) is 26.3 Å². The van der Waals surface area contributed by atoms with E-state index in [1.54, 1.807) is 6.07 Å². The van der Waals surface area contributed by atoms with Gasteiger partial charge in [0, 0.05) is 17.5 Å². The molecule has 0 aromatic heterocycles. The van der Waals surface area contributed by atoms with Gasteiger partial charge in [0.2, 0.25) is 5.75 Å². The van der Waals surface area contributed by atoms with Crippen molar-refractivity contribution in [1.82, 2.24) is 0 Å². The molecule has 0 fully saturated rings. The van der Waals surface area contributed by atoms with Gasteiger partial charge in [-0.25, -0.2) is 13.2 Å². The third kappa shape index (κ3) is 4.13. The van der Waals surface area contributed by atoms with Gasteiger partial charge in [0.15, 0.2) is 11.6 Å². The number of ether oxygens (including phenoxy) is 1. The summed E-state index contributed by atoms with van der Waals surface area (Å²) in [5.41, 5.74) is 3.86. The van der Waals surface area contributed by atoms with Gasteiger partial charge in [-0.3, -0.25) is 0 Å². The van der Waals surface area contributed by atoms with Gasteiger partial charge < -0.3 is 4.74 Å². The monoisotopic (exact) mass is 436 g/mol. The number of fused-ring (bicyclic) bond motifs is 3. The van der Waals surface area contributed by atoms with Crippen molar-refractivity contribution in [2.45, 2.75) is 39.0 Å². The molecule has 3 aromatic carbocycles. The normalized spacial score (nSPS) is 12.6. The van der Waals surface area contributed by atoms with Crippen LogP contribution in [-0.4, -0.2) is 6.36 Å². The van der Waals surface area contributed by atoms with Gasteiger partial charge in [0.1, 0.15) is 5.82 Å². The molecule has 7 heteroatoms. The molecule has 1 nitrogen and oxygen atoms in total. The first-order valence-electron chi connectivity index (χ1n) is 9.86. The molecule has 0 unspecified atom stereocenters. The molecular formula is C24H18F6O. The molecule has 0 bridgehead atoms. The van der Waals surface area contributed by atoms with Crippen molar-refractivity contribution in [1.29, 1.82) is 0 Å². The summed E-state index contributed by atoms with van der Waals surface area (Å²) in [5.74, 6) is -5.33. The highest BCUT2D eigenvalue weighted by Crippen LogP contribution is 2.42. The highest BCUT2D eigenvalue weighted by Gasteiger charge is 2.34. The van der Waals surface area contributed by atoms with Crippen molar-refractivity contribution in [2.24, 2.45) is 0 Å². The van der Waals surface area contributed by atoms with E-state index < -0.39 is 29.6 Å². The van der Waals surface area contributed by atoms with E-state index in [-0.39, 0.29) is 11.1 Å². The minimum absolute atomic E-state index is 0.0888. The van der Waals surface area contributed by atoms with Crippen LogP contribution in [0.25, 0.3) is 22.3 Å². The maximum atomic E-state index is 15.3. The molecule has 0 N–H and O–H groups in total. The average molecular weight is 436 g/mol. The number of unbranched alkanes of at least 4 members (excludes halogenated alkanes) is 1. The van der Waals surface area contributed by atoms with Crippen LogP contribution in [0.3, 0.4) is 0 Å². The first kappa shape index (κ1) is 21.3. The lowest BCUT2D eigenvalue weighted by atomic mass is 9.97. The average Bonchev–Trinajstić information content (AvgIpc) is 3.07. The fourth-order valence-electron chi connectivity index (χ4n) is 3.98. The number of hydrogen-bond acceptors (Lipinski definition) is 1. The van der Waals surface area contributed by atoms with E-state index in [4.69, 9.17) is 0 Å². The van der Waals surface area contributed by atoms with Crippen LogP contribution < -0.4 is 4.74 Å². The van der Waals surface area contributed by atoms with Crippen molar-refractivity contribution in [2.75, 3.05) is 0 Å². The molecule has 162 valence electrons. The van der Waals surface area contributed by atoms with Crippen molar-refractivity contribution in [3.8, 4) is 28.0 Å². The molecule has 0 radical (unpaired) electrons. The molecule has 1 aliphatic carbocycles. The summed E-state index contributed by atoms with van der Waals surface area (Å²) < 4.78 is 84.0. The lowest BCUT2D eigenvalue weighted by Gasteiger charge is -2.13. The van der Waals surface area contributed by atoms with E-state index in [0.717, 1.165) is 30.4 Å². The zero-order valence-electron chi connectivity index (χ0n) is 16.5. The van der Waals surface area contributed by atoms with Gasteiger partial charge in [0.05, 0.1) is 0 Å². The molecular weight excluding hydrogens is 418 g/mol. The van der Waals surface area contributed by atoms with Crippen LogP contribution in [-0.2, 0) is 12.8 Å². The lowest BCUT2D eigenvalue weighted by molar-refractivity contribution is -0.276. The smallest absolute Gasteiger partial charge is 0.399 e. The maximum absolute atomic E-state index is 15.3. The van der Waals surface area contributed by atoms with Crippen LogP contribution in [0, 0.1) is 17.5 Å². The van der Waals surface area contributed by atoms with Crippen molar-refractivity contribution in [3.63, 3.8) is 0 Å². The van der Waals surface area contributed by atoms with E-state index in [1.165, 1.54) is 11.6 Å². The molecule has 0 heterocycles.